The van der Waals surface area contributed by atoms with Crippen LogP contribution in [-0.2, 0) is 9.59 Å². The van der Waals surface area contributed by atoms with Crippen molar-refractivity contribution in [2.75, 3.05) is 0 Å². The molecule has 42 heavy (non-hydrogen) atoms. The Bertz CT molecular complexity index is 601. The van der Waals surface area contributed by atoms with Crippen LogP contribution in [0.2, 0.25) is 0 Å². The van der Waals surface area contributed by atoms with Gasteiger partial charge in [-0.05, 0) is 64.2 Å². The molecular formula is C38H71NO3. The first-order valence-corrected chi connectivity index (χ1v) is 18.3. The molecule has 0 aromatic carbocycles. The SMILES string of the molecule is CCCCCCCC/C=C\CCCCCCCC(=O)C(N)C(O)C(=O)CCCCCCC/C=C\CCCCCCCC. The Hall–Kier alpha value is -1.26. The second-order valence-corrected chi connectivity index (χ2v) is 12.6. The Kier molecular flexibility index (Phi) is 31.7. The Balaban J connectivity index is 3.63. The number of rotatable bonds is 33. The van der Waals surface area contributed by atoms with Crippen LogP contribution in [0.25, 0.3) is 0 Å². The van der Waals surface area contributed by atoms with Crippen molar-refractivity contribution < 1.29 is 14.7 Å². The average molecular weight is 590 g/mol. The second kappa shape index (κ2) is 32.6. The molecule has 2 unspecified atom stereocenters. The van der Waals surface area contributed by atoms with Crippen LogP contribution in [0.4, 0.5) is 0 Å². The van der Waals surface area contributed by atoms with Gasteiger partial charge in [0, 0.05) is 12.8 Å². The number of allylic oxidation sites excluding steroid dienone is 4. The van der Waals surface area contributed by atoms with Crippen LogP contribution in [0.1, 0.15) is 194 Å². The molecule has 0 fully saturated rings. The lowest BCUT2D eigenvalue weighted by Crippen LogP contribution is -2.46. The van der Waals surface area contributed by atoms with Crippen molar-refractivity contribution in [2.24, 2.45) is 5.73 Å². The molecule has 0 aliphatic rings. The molecule has 0 amide bonds. The normalized spacial score (nSPS) is 13.3. The Morgan fingerprint density at radius 2 is 0.762 bits per heavy atom. The molecule has 0 aliphatic carbocycles. The molecule has 4 heteroatoms. The number of hydrogen-bond acceptors (Lipinski definition) is 4. The maximum atomic E-state index is 12.4. The highest BCUT2D eigenvalue weighted by Crippen LogP contribution is 2.13. The van der Waals surface area contributed by atoms with Gasteiger partial charge in [-0.2, -0.15) is 0 Å². The molecule has 0 saturated carbocycles. The molecule has 0 radical (unpaired) electrons. The van der Waals surface area contributed by atoms with Gasteiger partial charge in [0.2, 0.25) is 0 Å². The second-order valence-electron chi connectivity index (χ2n) is 12.6. The Morgan fingerprint density at radius 3 is 1.12 bits per heavy atom. The average Bonchev–Trinajstić information content (AvgIpc) is 3.00. The van der Waals surface area contributed by atoms with Crippen molar-refractivity contribution in [3.8, 4) is 0 Å². The van der Waals surface area contributed by atoms with E-state index in [1.54, 1.807) is 0 Å². The molecular weight excluding hydrogens is 518 g/mol. The number of carbonyl (C=O) groups excluding carboxylic acids is 2. The fourth-order valence-corrected chi connectivity index (χ4v) is 5.43. The first-order valence-electron chi connectivity index (χ1n) is 18.3. The monoisotopic (exact) mass is 590 g/mol. The topological polar surface area (TPSA) is 80.4 Å². The molecule has 0 rings (SSSR count). The molecule has 0 bridgehead atoms. The predicted molar refractivity (Wildman–Crippen MR) is 183 cm³/mol. The van der Waals surface area contributed by atoms with Crippen molar-refractivity contribution in [3.05, 3.63) is 24.3 Å². The van der Waals surface area contributed by atoms with E-state index in [2.05, 4.69) is 38.2 Å². The van der Waals surface area contributed by atoms with E-state index < -0.39 is 12.1 Å². The number of nitrogens with two attached hydrogens (primary N) is 1. The van der Waals surface area contributed by atoms with E-state index >= 15 is 0 Å². The summed E-state index contributed by atoms with van der Waals surface area (Å²) < 4.78 is 0. The number of hydrogen-bond donors (Lipinski definition) is 2. The van der Waals surface area contributed by atoms with Gasteiger partial charge in [-0.3, -0.25) is 9.59 Å². The third kappa shape index (κ3) is 27.6. The van der Waals surface area contributed by atoms with Crippen LogP contribution in [0.3, 0.4) is 0 Å². The van der Waals surface area contributed by atoms with Gasteiger partial charge in [0.15, 0.2) is 11.6 Å². The largest absolute Gasteiger partial charge is 0.383 e. The minimum atomic E-state index is -1.35. The molecule has 0 heterocycles. The van der Waals surface area contributed by atoms with Gasteiger partial charge in [0.05, 0.1) is 6.04 Å². The van der Waals surface area contributed by atoms with E-state index in [-0.39, 0.29) is 11.6 Å². The van der Waals surface area contributed by atoms with Gasteiger partial charge in [-0.25, -0.2) is 0 Å². The van der Waals surface area contributed by atoms with Crippen molar-refractivity contribution in [3.63, 3.8) is 0 Å². The first kappa shape index (κ1) is 40.7. The van der Waals surface area contributed by atoms with Crippen molar-refractivity contribution in [2.45, 2.75) is 206 Å². The predicted octanol–water partition coefficient (Wildman–Crippen LogP) is 10.9. The minimum Gasteiger partial charge on any atom is -0.383 e. The van der Waals surface area contributed by atoms with Crippen LogP contribution in [0.5, 0.6) is 0 Å². The maximum absolute atomic E-state index is 12.4. The van der Waals surface area contributed by atoms with Crippen molar-refractivity contribution in [1.29, 1.82) is 0 Å². The lowest BCUT2D eigenvalue weighted by molar-refractivity contribution is -0.134. The standard InChI is InChI=1S/C38H71NO3/c1-3-5-7-9-11-13-15-17-19-21-23-25-27-29-31-33-35(40)37(39)38(42)36(41)34-32-30-28-26-24-22-20-18-16-14-12-10-8-6-4-2/h17-20,37-38,42H,3-16,21-34,39H2,1-2H3/b19-17-,20-18-. The summed E-state index contributed by atoms with van der Waals surface area (Å²) in [5.74, 6) is -0.462. The molecule has 0 aliphatic heterocycles. The molecule has 0 aromatic rings. The number of Topliss-reactive ketones (excluding diaryl/α,β-unsaturated/α-hetero) is 2. The number of carbonyl (C=O) groups is 2. The zero-order valence-corrected chi connectivity index (χ0v) is 28.1. The summed E-state index contributed by atoms with van der Waals surface area (Å²) in [4.78, 5) is 24.7. The molecule has 0 saturated heterocycles. The third-order valence-electron chi connectivity index (χ3n) is 8.41. The number of aliphatic hydroxyl groups is 1. The van der Waals surface area contributed by atoms with Gasteiger partial charge in [-0.15, -0.1) is 0 Å². The highest BCUT2D eigenvalue weighted by molar-refractivity contribution is 5.93. The number of ketones is 2. The summed E-state index contributed by atoms with van der Waals surface area (Å²) in [7, 11) is 0. The molecule has 2 atom stereocenters. The summed E-state index contributed by atoms with van der Waals surface area (Å²) in [5.41, 5.74) is 5.94. The van der Waals surface area contributed by atoms with Gasteiger partial charge < -0.3 is 10.8 Å². The number of aliphatic hydroxyl groups excluding tert-OH is 1. The Labute approximate surface area is 261 Å². The highest BCUT2D eigenvalue weighted by atomic mass is 16.3. The Morgan fingerprint density at radius 1 is 0.476 bits per heavy atom. The summed E-state index contributed by atoms with van der Waals surface area (Å²) in [5, 5.41) is 10.3. The third-order valence-corrected chi connectivity index (χ3v) is 8.41. The van der Waals surface area contributed by atoms with E-state index in [4.69, 9.17) is 5.73 Å². The van der Waals surface area contributed by atoms with Crippen LogP contribution in [0, 0.1) is 0 Å². The van der Waals surface area contributed by atoms with Crippen LogP contribution in [-0.4, -0.2) is 28.8 Å². The van der Waals surface area contributed by atoms with E-state index in [1.807, 2.05) is 0 Å². The van der Waals surface area contributed by atoms with Gasteiger partial charge in [-0.1, -0.05) is 141 Å². The lowest BCUT2D eigenvalue weighted by atomic mass is 9.96. The van der Waals surface area contributed by atoms with Gasteiger partial charge in [0.1, 0.15) is 6.10 Å². The van der Waals surface area contributed by atoms with E-state index in [0.717, 1.165) is 51.4 Å². The summed E-state index contributed by atoms with van der Waals surface area (Å²) in [6.07, 6.45) is 40.1. The zero-order chi connectivity index (χ0) is 30.9. The summed E-state index contributed by atoms with van der Waals surface area (Å²) in [6, 6.07) is -1.07. The molecule has 4 nitrogen and oxygen atoms in total. The molecule has 246 valence electrons. The first-order chi connectivity index (χ1) is 20.5. The van der Waals surface area contributed by atoms with Gasteiger partial charge in [0.25, 0.3) is 0 Å². The smallest absolute Gasteiger partial charge is 0.163 e. The van der Waals surface area contributed by atoms with Crippen LogP contribution in [0.15, 0.2) is 24.3 Å². The summed E-state index contributed by atoms with van der Waals surface area (Å²) >= 11 is 0. The van der Waals surface area contributed by atoms with Crippen LogP contribution < -0.4 is 5.73 Å². The number of unbranched alkanes of at least 4 members (excludes halogenated alkanes) is 22. The fraction of sp³-hybridized carbons (Fsp3) is 0.842. The molecule has 0 spiro atoms. The quantitative estimate of drug-likeness (QED) is 0.0589. The molecule has 0 aromatic heterocycles. The van der Waals surface area contributed by atoms with Crippen molar-refractivity contribution >= 4 is 11.6 Å². The molecule has 3 N–H and O–H groups in total. The van der Waals surface area contributed by atoms with E-state index in [0.29, 0.717) is 12.8 Å². The minimum absolute atomic E-state index is 0.182. The highest BCUT2D eigenvalue weighted by Gasteiger charge is 2.27. The van der Waals surface area contributed by atoms with Crippen LogP contribution >= 0.6 is 0 Å². The lowest BCUT2D eigenvalue weighted by Gasteiger charge is -2.16. The fourth-order valence-electron chi connectivity index (χ4n) is 5.43. The zero-order valence-electron chi connectivity index (χ0n) is 28.1. The van der Waals surface area contributed by atoms with Gasteiger partial charge >= 0.3 is 0 Å². The van der Waals surface area contributed by atoms with E-state index in [1.165, 1.54) is 116 Å². The van der Waals surface area contributed by atoms with Crippen molar-refractivity contribution in [1.82, 2.24) is 0 Å². The van der Waals surface area contributed by atoms with E-state index in [9.17, 15) is 14.7 Å². The maximum Gasteiger partial charge on any atom is 0.163 e. The summed E-state index contributed by atoms with van der Waals surface area (Å²) in [6.45, 7) is 4.52.